The first-order chi connectivity index (χ1) is 21.2. The molecule has 4 aromatic rings. The summed E-state index contributed by atoms with van der Waals surface area (Å²) in [6, 6.07) is 16.9. The van der Waals surface area contributed by atoms with Crippen molar-refractivity contribution in [3.63, 3.8) is 0 Å². The van der Waals surface area contributed by atoms with E-state index in [-0.39, 0.29) is 24.9 Å². The minimum absolute atomic E-state index is 0.0160. The van der Waals surface area contributed by atoms with Gasteiger partial charge >= 0.3 is 5.97 Å². The topological polar surface area (TPSA) is 165 Å². The number of carbonyl (C=O) groups excluding carboxylic acids is 1. The van der Waals surface area contributed by atoms with Crippen molar-refractivity contribution in [2.75, 3.05) is 18.5 Å². The molecule has 2 aromatic carbocycles. The number of hydrogen-bond acceptors (Lipinski definition) is 8. The largest absolute Gasteiger partial charge is 0.481 e. The molecule has 0 atom stereocenters. The van der Waals surface area contributed by atoms with Gasteiger partial charge in [-0.25, -0.2) is 19.3 Å². The smallest absolute Gasteiger partial charge is 0.314 e. The van der Waals surface area contributed by atoms with Crippen molar-refractivity contribution >= 4 is 17.8 Å². The maximum absolute atomic E-state index is 13.6. The Morgan fingerprint density at radius 1 is 1.00 bits per heavy atom. The van der Waals surface area contributed by atoms with Crippen LogP contribution in [-0.4, -0.2) is 56.2 Å². The summed E-state index contributed by atoms with van der Waals surface area (Å²) in [4.78, 5) is 39.0. The Labute approximate surface area is 254 Å². The Bertz CT molecular complexity index is 1570. The van der Waals surface area contributed by atoms with Gasteiger partial charge in [0.15, 0.2) is 5.82 Å². The Hall–Kier alpha value is -4.68. The number of carbonyl (C=O) groups is 2. The maximum atomic E-state index is 13.6. The highest BCUT2D eigenvalue weighted by molar-refractivity contribution is 5.92. The first-order valence-corrected chi connectivity index (χ1v) is 14.5. The number of nitrogens with one attached hydrogen (secondary N) is 2. The van der Waals surface area contributed by atoms with Crippen LogP contribution in [0, 0.1) is 11.2 Å². The van der Waals surface area contributed by atoms with Gasteiger partial charge in [-0.2, -0.15) is 0 Å². The summed E-state index contributed by atoms with van der Waals surface area (Å²) >= 11 is 0. The number of H-pyrrole nitrogens is 1. The molecule has 0 bridgehead atoms. The van der Waals surface area contributed by atoms with Gasteiger partial charge in [-0.3, -0.25) is 9.59 Å². The highest BCUT2D eigenvalue weighted by Gasteiger charge is 2.41. The van der Waals surface area contributed by atoms with Crippen LogP contribution in [0.2, 0.25) is 0 Å². The summed E-state index contributed by atoms with van der Waals surface area (Å²) < 4.78 is 25.0. The molecule has 1 saturated carbocycles. The fourth-order valence-corrected chi connectivity index (χ4v) is 4.99. The summed E-state index contributed by atoms with van der Waals surface area (Å²) in [5.41, 5.74) is 6.87. The summed E-state index contributed by atoms with van der Waals surface area (Å²) in [5.74, 6) is -0.790. The van der Waals surface area contributed by atoms with Gasteiger partial charge in [0.2, 0.25) is 18.1 Å². The second kappa shape index (κ2) is 13.7. The number of hydrogen-bond donors (Lipinski definition) is 4. The number of carboxylic acid groups (broad SMARTS) is 1. The van der Waals surface area contributed by atoms with Crippen LogP contribution < -0.4 is 11.1 Å². The lowest BCUT2D eigenvalue weighted by Gasteiger charge is -2.33. The second-order valence-corrected chi connectivity index (χ2v) is 11.1. The molecule has 2 aromatic heterocycles. The van der Waals surface area contributed by atoms with Crippen molar-refractivity contribution in [3.05, 3.63) is 84.1 Å². The zero-order valence-corrected chi connectivity index (χ0v) is 24.3. The number of nitrogens with two attached hydrogens (primary N) is 1. The van der Waals surface area contributed by atoms with Crippen LogP contribution in [0.1, 0.15) is 61.5 Å². The van der Waals surface area contributed by atoms with Crippen molar-refractivity contribution < 1.29 is 28.6 Å². The summed E-state index contributed by atoms with van der Waals surface area (Å²) in [6.45, 7) is 1.54. The molecule has 3 heterocycles. The number of aliphatic carboxylic acids is 1. The Kier molecular flexibility index (Phi) is 9.61. The van der Waals surface area contributed by atoms with Gasteiger partial charge in [-0.15, -0.1) is 0 Å². The third-order valence-electron chi connectivity index (χ3n) is 7.59. The van der Waals surface area contributed by atoms with Gasteiger partial charge in [0.05, 0.1) is 30.3 Å². The highest BCUT2D eigenvalue weighted by Crippen LogP contribution is 2.35. The van der Waals surface area contributed by atoms with Crippen LogP contribution in [0.5, 0.6) is 0 Å². The molecule has 2 fully saturated rings. The first kappa shape index (κ1) is 30.8. The lowest BCUT2D eigenvalue weighted by Crippen LogP contribution is -2.42. The van der Waals surface area contributed by atoms with Gasteiger partial charge in [-0.05, 0) is 62.2 Å². The van der Waals surface area contributed by atoms with Crippen molar-refractivity contribution in [1.29, 1.82) is 0 Å². The molecule has 1 aliphatic carbocycles. The number of aromatic nitrogens is 4. The van der Waals surface area contributed by atoms with E-state index < -0.39 is 17.7 Å². The number of halogens is 1. The number of carboxylic acids is 1. The third kappa shape index (κ3) is 7.44. The number of imidazole rings is 1. The fourth-order valence-electron chi connectivity index (χ4n) is 4.99. The van der Waals surface area contributed by atoms with Gasteiger partial charge in [0.25, 0.3) is 0 Å². The number of ether oxygens (including phenoxy) is 2. The molecule has 0 unspecified atom stereocenters. The van der Waals surface area contributed by atoms with E-state index in [1.165, 1.54) is 31.4 Å². The standard InChI is InChI=1S/C25H28FN5O4.C7H7NO/c1-25(23(32)33)13-34-22(35-14-25)21-30-19(15-7-9-16(26)10-8-15)20(31-21)18-11-12-27-24(29-18)28-17-5-3-2-4-6-17;8-7(9)6-4-2-1-3-5-6/h7-12,17,22H,2-6,13-14H2,1H3,(H,30,31)(H,32,33)(H,27,28,29);1-5H,(H2,8,9). The fraction of sp³-hybridized carbons (Fsp3) is 0.344. The average Bonchev–Trinajstić information content (AvgIpc) is 3.49. The van der Waals surface area contributed by atoms with Crippen LogP contribution in [0.25, 0.3) is 22.6 Å². The number of aromatic amines is 1. The molecule has 0 spiro atoms. The molecule has 1 amide bonds. The number of primary amides is 1. The van der Waals surface area contributed by atoms with E-state index in [4.69, 9.17) is 25.2 Å². The molecule has 1 saturated heterocycles. The van der Waals surface area contributed by atoms with E-state index >= 15 is 0 Å². The van der Waals surface area contributed by atoms with E-state index in [2.05, 4.69) is 15.3 Å². The molecule has 2 aliphatic rings. The van der Waals surface area contributed by atoms with Crippen molar-refractivity contribution in [2.24, 2.45) is 11.1 Å². The van der Waals surface area contributed by atoms with Gasteiger partial charge in [-0.1, -0.05) is 37.5 Å². The SMILES string of the molecule is CC1(C(=O)O)COC(c2nc(-c3ccc(F)cc3)c(-c3ccnc(NC4CCCCC4)n3)[nH]2)OC1.NC(=O)c1ccccc1. The molecule has 1 aliphatic heterocycles. The number of benzene rings is 2. The second-order valence-electron chi connectivity index (χ2n) is 11.1. The zero-order valence-electron chi connectivity index (χ0n) is 24.3. The maximum Gasteiger partial charge on any atom is 0.314 e. The molecule has 230 valence electrons. The first-order valence-electron chi connectivity index (χ1n) is 14.5. The van der Waals surface area contributed by atoms with E-state index in [0.29, 0.717) is 46.0 Å². The lowest BCUT2D eigenvalue weighted by atomic mass is 9.92. The Morgan fingerprint density at radius 3 is 2.30 bits per heavy atom. The highest BCUT2D eigenvalue weighted by atomic mass is 19.1. The van der Waals surface area contributed by atoms with E-state index in [1.807, 2.05) is 6.07 Å². The van der Waals surface area contributed by atoms with Gasteiger partial charge in [0.1, 0.15) is 11.2 Å². The van der Waals surface area contributed by atoms with E-state index in [0.717, 1.165) is 12.8 Å². The molecular formula is C32H35FN6O5. The van der Waals surface area contributed by atoms with Crippen LogP contribution >= 0.6 is 0 Å². The molecule has 12 heteroatoms. The normalized spacial score (nSPS) is 20.3. The quantitative estimate of drug-likeness (QED) is 0.218. The van der Waals surface area contributed by atoms with Crippen LogP contribution in [0.3, 0.4) is 0 Å². The molecule has 5 N–H and O–H groups in total. The number of amides is 1. The van der Waals surface area contributed by atoms with E-state index in [9.17, 15) is 19.1 Å². The summed E-state index contributed by atoms with van der Waals surface area (Å²) in [5, 5.41) is 12.9. The van der Waals surface area contributed by atoms with Crippen LogP contribution in [0.4, 0.5) is 10.3 Å². The molecule has 11 nitrogen and oxygen atoms in total. The minimum Gasteiger partial charge on any atom is -0.481 e. The molecule has 44 heavy (non-hydrogen) atoms. The van der Waals surface area contributed by atoms with E-state index in [1.54, 1.807) is 55.6 Å². The lowest BCUT2D eigenvalue weighted by molar-refractivity contribution is -0.236. The van der Waals surface area contributed by atoms with Crippen molar-refractivity contribution in [3.8, 4) is 22.6 Å². The molecule has 0 radical (unpaired) electrons. The predicted molar refractivity (Wildman–Crippen MR) is 161 cm³/mol. The van der Waals surface area contributed by atoms with Crippen molar-refractivity contribution in [1.82, 2.24) is 19.9 Å². The van der Waals surface area contributed by atoms with Crippen molar-refractivity contribution in [2.45, 2.75) is 51.4 Å². The Balaban J connectivity index is 0.000000367. The van der Waals surface area contributed by atoms with Crippen LogP contribution in [0.15, 0.2) is 66.9 Å². The Morgan fingerprint density at radius 2 is 1.68 bits per heavy atom. The average molecular weight is 603 g/mol. The number of nitrogens with zero attached hydrogens (tertiary/aromatic N) is 3. The van der Waals surface area contributed by atoms with Gasteiger partial charge < -0.3 is 30.6 Å². The van der Waals surface area contributed by atoms with Gasteiger partial charge in [0, 0.05) is 23.4 Å². The predicted octanol–water partition coefficient (Wildman–Crippen LogP) is 5.34. The monoisotopic (exact) mass is 602 g/mol. The molecule has 6 rings (SSSR count). The molecular weight excluding hydrogens is 567 g/mol. The third-order valence-corrected chi connectivity index (χ3v) is 7.59. The summed E-state index contributed by atoms with van der Waals surface area (Å²) in [7, 11) is 0. The minimum atomic E-state index is -1.13. The van der Waals surface area contributed by atoms with Crippen LogP contribution in [-0.2, 0) is 14.3 Å². The number of anilines is 1. The summed E-state index contributed by atoms with van der Waals surface area (Å²) in [6.07, 6.45) is 6.65. The zero-order chi connectivity index (χ0) is 31.1. The number of rotatable bonds is 7.